The number of aliphatic hydroxyl groups excluding tert-OH is 1. The van der Waals surface area contributed by atoms with E-state index in [9.17, 15) is 8.78 Å². The van der Waals surface area contributed by atoms with Crippen molar-refractivity contribution in [2.45, 2.75) is 13.5 Å². The third-order valence-electron chi connectivity index (χ3n) is 3.34. The highest BCUT2D eigenvalue weighted by atomic mass is 32.1. The standard InChI is InChI=1S/C14H13F2N5OS2/c1-5-13(24-9(3-22)19-5)8-4-23-14(20-8)6-2-7(15)12(21-18)11(17)10(6)16/h2,4,21-22H,3,17-18H2,1H3. The lowest BCUT2D eigenvalue weighted by atomic mass is 10.1. The normalized spacial score (nSPS) is 11.0. The zero-order valence-corrected chi connectivity index (χ0v) is 14.1. The first kappa shape index (κ1) is 16.7. The fourth-order valence-electron chi connectivity index (χ4n) is 2.21. The molecule has 1 aromatic carbocycles. The Balaban J connectivity index is 2.07. The van der Waals surface area contributed by atoms with Crippen molar-refractivity contribution in [2.24, 2.45) is 5.84 Å². The Morgan fingerprint density at radius 1 is 1.33 bits per heavy atom. The second-order valence-corrected chi connectivity index (χ2v) is 6.81. The number of aromatic nitrogens is 2. The maximum Gasteiger partial charge on any atom is 0.158 e. The predicted octanol–water partition coefficient (Wildman–Crippen LogP) is 2.88. The van der Waals surface area contributed by atoms with Crippen LogP contribution in [0.2, 0.25) is 0 Å². The van der Waals surface area contributed by atoms with Crippen molar-refractivity contribution in [1.82, 2.24) is 9.97 Å². The molecule has 0 fully saturated rings. The number of aliphatic hydroxyl groups is 1. The molecule has 10 heteroatoms. The van der Waals surface area contributed by atoms with Crippen LogP contribution in [0, 0.1) is 18.6 Å². The van der Waals surface area contributed by atoms with Crippen LogP contribution < -0.4 is 17.0 Å². The molecule has 3 aromatic rings. The van der Waals surface area contributed by atoms with Crippen LogP contribution >= 0.6 is 22.7 Å². The van der Waals surface area contributed by atoms with Crippen LogP contribution in [0.4, 0.5) is 20.2 Å². The smallest absolute Gasteiger partial charge is 0.158 e. The monoisotopic (exact) mass is 369 g/mol. The highest BCUT2D eigenvalue weighted by Crippen LogP contribution is 2.38. The average Bonchev–Trinajstić information content (AvgIpc) is 3.17. The summed E-state index contributed by atoms with van der Waals surface area (Å²) in [5.41, 5.74) is 8.20. The molecule has 0 aliphatic carbocycles. The van der Waals surface area contributed by atoms with Gasteiger partial charge in [0.2, 0.25) is 0 Å². The molecule has 24 heavy (non-hydrogen) atoms. The zero-order valence-electron chi connectivity index (χ0n) is 12.4. The van der Waals surface area contributed by atoms with Crippen LogP contribution in [-0.2, 0) is 6.61 Å². The summed E-state index contributed by atoms with van der Waals surface area (Å²) in [5.74, 6) is 3.59. The zero-order chi connectivity index (χ0) is 17.4. The lowest BCUT2D eigenvalue weighted by Gasteiger charge is -2.09. The first-order valence-corrected chi connectivity index (χ1v) is 8.43. The van der Waals surface area contributed by atoms with Crippen molar-refractivity contribution in [3.8, 4) is 21.1 Å². The number of anilines is 2. The summed E-state index contributed by atoms with van der Waals surface area (Å²) in [4.78, 5) is 9.34. The van der Waals surface area contributed by atoms with E-state index < -0.39 is 17.3 Å². The average molecular weight is 369 g/mol. The fourth-order valence-corrected chi connectivity index (χ4v) is 3.99. The first-order chi connectivity index (χ1) is 11.5. The number of nitrogens with two attached hydrogens (primary N) is 2. The molecule has 126 valence electrons. The van der Waals surface area contributed by atoms with Gasteiger partial charge in [-0.3, -0.25) is 5.84 Å². The van der Waals surface area contributed by atoms with E-state index >= 15 is 0 Å². The third kappa shape index (κ3) is 2.73. The van der Waals surface area contributed by atoms with Gasteiger partial charge in [0.05, 0.1) is 34.1 Å². The number of nitrogens with one attached hydrogen (secondary N) is 1. The predicted molar refractivity (Wildman–Crippen MR) is 91.5 cm³/mol. The molecule has 2 aromatic heterocycles. The van der Waals surface area contributed by atoms with E-state index in [0.717, 1.165) is 28.0 Å². The minimum absolute atomic E-state index is 0.0372. The van der Waals surface area contributed by atoms with Crippen LogP contribution in [0.15, 0.2) is 11.4 Å². The molecule has 0 saturated carbocycles. The Morgan fingerprint density at radius 2 is 2.08 bits per heavy atom. The summed E-state index contributed by atoms with van der Waals surface area (Å²) in [6.07, 6.45) is 0. The summed E-state index contributed by atoms with van der Waals surface area (Å²) in [7, 11) is 0. The molecule has 2 heterocycles. The van der Waals surface area contributed by atoms with Gasteiger partial charge in [0, 0.05) is 5.38 Å². The van der Waals surface area contributed by atoms with Crippen LogP contribution in [0.1, 0.15) is 10.7 Å². The lowest BCUT2D eigenvalue weighted by molar-refractivity contribution is 0.281. The van der Waals surface area contributed by atoms with Gasteiger partial charge in [-0.1, -0.05) is 0 Å². The molecule has 0 aliphatic heterocycles. The number of hydrogen-bond donors (Lipinski definition) is 4. The first-order valence-electron chi connectivity index (χ1n) is 6.73. The van der Waals surface area contributed by atoms with Crippen molar-refractivity contribution in [2.75, 3.05) is 11.2 Å². The van der Waals surface area contributed by atoms with Gasteiger partial charge >= 0.3 is 0 Å². The Bertz CT molecular complexity index is 909. The summed E-state index contributed by atoms with van der Waals surface area (Å²) in [6, 6.07) is 1.00. The van der Waals surface area contributed by atoms with Crippen LogP contribution in [0.25, 0.3) is 21.1 Å². The highest BCUT2D eigenvalue weighted by Gasteiger charge is 2.20. The number of nitrogens with zero attached hydrogens (tertiary/aromatic N) is 2. The second kappa shape index (κ2) is 6.40. The van der Waals surface area contributed by atoms with E-state index in [-0.39, 0.29) is 22.9 Å². The maximum atomic E-state index is 14.4. The largest absolute Gasteiger partial charge is 0.395 e. The van der Waals surface area contributed by atoms with Gasteiger partial charge < -0.3 is 16.3 Å². The minimum atomic E-state index is -0.790. The number of hydrogen-bond acceptors (Lipinski definition) is 8. The number of hydrazine groups is 1. The highest BCUT2D eigenvalue weighted by molar-refractivity contribution is 7.16. The van der Waals surface area contributed by atoms with Crippen LogP contribution in [0.3, 0.4) is 0 Å². The Kier molecular flexibility index (Phi) is 4.45. The van der Waals surface area contributed by atoms with E-state index in [0.29, 0.717) is 10.7 Å². The Hall–Kier alpha value is -2.14. The van der Waals surface area contributed by atoms with Crippen molar-refractivity contribution in [3.63, 3.8) is 0 Å². The van der Waals surface area contributed by atoms with Crippen LogP contribution in [0.5, 0.6) is 0 Å². The molecule has 0 aliphatic rings. The van der Waals surface area contributed by atoms with Gasteiger partial charge in [0.1, 0.15) is 15.7 Å². The van der Waals surface area contributed by atoms with Gasteiger partial charge in [-0.2, -0.15) is 0 Å². The molecule has 0 bridgehead atoms. The lowest BCUT2D eigenvalue weighted by Crippen LogP contribution is -2.12. The molecule has 3 rings (SSSR count). The van der Waals surface area contributed by atoms with Crippen molar-refractivity contribution in [1.29, 1.82) is 0 Å². The second-order valence-electron chi connectivity index (χ2n) is 4.87. The SMILES string of the molecule is Cc1nc(CO)sc1-c1csc(-c2cc(F)c(NN)c(N)c2F)n1. The molecular weight excluding hydrogens is 356 g/mol. The number of aryl methyl sites for hydroxylation is 1. The maximum absolute atomic E-state index is 14.4. The number of nitrogen functional groups attached to an aromatic ring is 2. The van der Waals surface area contributed by atoms with Gasteiger partial charge in [-0.15, -0.1) is 22.7 Å². The molecule has 0 amide bonds. The van der Waals surface area contributed by atoms with E-state index in [4.69, 9.17) is 16.7 Å². The van der Waals surface area contributed by atoms with E-state index in [1.54, 1.807) is 12.3 Å². The number of thiazole rings is 2. The van der Waals surface area contributed by atoms with Crippen LogP contribution in [-0.4, -0.2) is 15.1 Å². The minimum Gasteiger partial charge on any atom is -0.395 e. The van der Waals surface area contributed by atoms with E-state index in [2.05, 4.69) is 9.97 Å². The molecule has 0 unspecified atom stereocenters. The summed E-state index contributed by atoms with van der Waals surface area (Å²) < 4.78 is 28.4. The van der Waals surface area contributed by atoms with E-state index in [1.165, 1.54) is 11.3 Å². The van der Waals surface area contributed by atoms with Gasteiger partial charge in [0.25, 0.3) is 0 Å². The van der Waals surface area contributed by atoms with Gasteiger partial charge in [0.15, 0.2) is 11.6 Å². The Morgan fingerprint density at radius 3 is 2.71 bits per heavy atom. The summed E-state index contributed by atoms with van der Waals surface area (Å²) in [6.45, 7) is 1.64. The van der Waals surface area contributed by atoms with Crippen molar-refractivity contribution in [3.05, 3.63) is 33.8 Å². The molecule has 0 saturated heterocycles. The molecule has 0 spiro atoms. The van der Waals surface area contributed by atoms with Crippen molar-refractivity contribution < 1.29 is 13.9 Å². The fraction of sp³-hybridized carbons (Fsp3) is 0.143. The topological polar surface area (TPSA) is 110 Å². The molecular formula is C14H13F2N5OS2. The third-order valence-corrected chi connectivity index (χ3v) is 5.38. The van der Waals surface area contributed by atoms with Gasteiger partial charge in [-0.05, 0) is 13.0 Å². The number of halogens is 2. The molecule has 0 atom stereocenters. The van der Waals surface area contributed by atoms with Crippen molar-refractivity contribution >= 4 is 34.0 Å². The summed E-state index contributed by atoms with van der Waals surface area (Å²) in [5, 5.41) is 11.7. The molecule has 6 nitrogen and oxygen atoms in total. The summed E-state index contributed by atoms with van der Waals surface area (Å²) >= 11 is 2.46. The molecule has 6 N–H and O–H groups in total. The van der Waals surface area contributed by atoms with E-state index in [1.807, 2.05) is 5.43 Å². The van der Waals surface area contributed by atoms with Gasteiger partial charge in [-0.25, -0.2) is 18.7 Å². The number of benzene rings is 1. The molecule has 0 radical (unpaired) electrons. The Labute approximate surface area is 143 Å². The quantitative estimate of drug-likeness (QED) is 0.320. The number of rotatable bonds is 4.